The smallest absolute Gasteiger partial charge is 0.288 e. The standard InChI is InChI=1S/C19H10N2O2S/c22-18-12-6-2-1-5-11(12)17-16-13(18)7-3-8-14(16)21(20-17)19(23)15-9-4-10-24-15/h1-10H. The summed E-state index contributed by atoms with van der Waals surface area (Å²) in [7, 11) is 0. The zero-order valence-corrected chi connectivity index (χ0v) is 13.2. The van der Waals surface area contributed by atoms with E-state index in [9.17, 15) is 9.59 Å². The lowest BCUT2D eigenvalue weighted by atomic mass is 9.87. The van der Waals surface area contributed by atoms with Crippen LogP contribution in [-0.4, -0.2) is 21.5 Å². The molecule has 2 aromatic heterocycles. The first kappa shape index (κ1) is 13.4. The van der Waals surface area contributed by atoms with Crippen molar-refractivity contribution in [2.24, 2.45) is 0 Å². The molecule has 24 heavy (non-hydrogen) atoms. The quantitative estimate of drug-likeness (QED) is 0.467. The number of carbonyl (C=O) groups is 2. The summed E-state index contributed by atoms with van der Waals surface area (Å²) in [5.41, 5.74) is 3.38. The summed E-state index contributed by atoms with van der Waals surface area (Å²) in [6.07, 6.45) is 0. The van der Waals surface area contributed by atoms with Gasteiger partial charge in [0.2, 0.25) is 0 Å². The van der Waals surface area contributed by atoms with Gasteiger partial charge in [0, 0.05) is 22.1 Å². The summed E-state index contributed by atoms with van der Waals surface area (Å²) < 4.78 is 1.41. The SMILES string of the molecule is O=C1c2ccccc2-c2nn(C(=O)c3cccs3)c3cccc1c23. The van der Waals surface area contributed by atoms with Gasteiger partial charge in [0.05, 0.1) is 10.4 Å². The van der Waals surface area contributed by atoms with Crippen molar-refractivity contribution in [1.29, 1.82) is 0 Å². The van der Waals surface area contributed by atoms with Crippen LogP contribution in [0.5, 0.6) is 0 Å². The van der Waals surface area contributed by atoms with Gasteiger partial charge in [0.25, 0.3) is 5.91 Å². The lowest BCUT2D eigenvalue weighted by molar-refractivity contribution is 0.0954. The van der Waals surface area contributed by atoms with E-state index in [4.69, 9.17) is 0 Å². The highest BCUT2D eigenvalue weighted by Gasteiger charge is 2.29. The first-order valence-electron chi connectivity index (χ1n) is 7.50. The van der Waals surface area contributed by atoms with Crippen molar-refractivity contribution < 1.29 is 9.59 Å². The fourth-order valence-corrected chi connectivity index (χ4v) is 3.89. The van der Waals surface area contributed by atoms with E-state index in [0.29, 0.717) is 27.2 Å². The summed E-state index contributed by atoms with van der Waals surface area (Å²) in [4.78, 5) is 26.2. The maximum absolute atomic E-state index is 12.8. The molecular formula is C19H10N2O2S. The summed E-state index contributed by atoms with van der Waals surface area (Å²) in [5.74, 6) is -0.197. The van der Waals surface area contributed by atoms with E-state index in [1.807, 2.05) is 35.7 Å². The van der Waals surface area contributed by atoms with Gasteiger partial charge in [-0.05, 0) is 17.5 Å². The molecule has 0 saturated carbocycles. The van der Waals surface area contributed by atoms with E-state index in [0.717, 1.165) is 10.9 Å². The van der Waals surface area contributed by atoms with Gasteiger partial charge in [-0.3, -0.25) is 9.59 Å². The molecule has 0 spiro atoms. The average molecular weight is 330 g/mol. The van der Waals surface area contributed by atoms with Gasteiger partial charge in [-0.15, -0.1) is 11.3 Å². The Morgan fingerprint density at radius 3 is 2.50 bits per heavy atom. The molecule has 114 valence electrons. The molecule has 2 heterocycles. The Kier molecular flexibility index (Phi) is 2.64. The van der Waals surface area contributed by atoms with E-state index in [1.54, 1.807) is 24.3 Å². The third-order valence-corrected chi connectivity index (χ3v) is 5.16. The molecule has 5 rings (SSSR count). The van der Waals surface area contributed by atoms with Crippen molar-refractivity contribution in [3.63, 3.8) is 0 Å². The molecule has 0 aliphatic heterocycles. The van der Waals surface area contributed by atoms with Crippen molar-refractivity contribution in [1.82, 2.24) is 9.78 Å². The Morgan fingerprint density at radius 1 is 0.917 bits per heavy atom. The second kappa shape index (κ2) is 4.72. The van der Waals surface area contributed by atoms with Gasteiger partial charge in [-0.2, -0.15) is 9.78 Å². The normalized spacial score (nSPS) is 12.4. The second-order valence-electron chi connectivity index (χ2n) is 5.62. The van der Waals surface area contributed by atoms with E-state index < -0.39 is 0 Å². The summed E-state index contributed by atoms with van der Waals surface area (Å²) in [5, 5.41) is 7.19. The fraction of sp³-hybridized carbons (Fsp3) is 0. The highest BCUT2D eigenvalue weighted by atomic mass is 32.1. The number of ketones is 1. The second-order valence-corrected chi connectivity index (χ2v) is 6.56. The first-order valence-corrected chi connectivity index (χ1v) is 8.38. The van der Waals surface area contributed by atoms with Crippen molar-refractivity contribution in [2.75, 3.05) is 0 Å². The maximum atomic E-state index is 12.8. The summed E-state index contributed by atoms with van der Waals surface area (Å²) in [6, 6.07) is 16.5. The number of hydrogen-bond acceptors (Lipinski definition) is 4. The van der Waals surface area contributed by atoms with Gasteiger partial charge in [-0.25, -0.2) is 0 Å². The van der Waals surface area contributed by atoms with Crippen molar-refractivity contribution in [3.8, 4) is 11.3 Å². The molecule has 2 aromatic carbocycles. The number of carbonyl (C=O) groups excluding carboxylic acids is 2. The average Bonchev–Trinajstić information content (AvgIpc) is 3.28. The lowest BCUT2D eigenvalue weighted by Crippen LogP contribution is -2.11. The van der Waals surface area contributed by atoms with E-state index in [1.165, 1.54) is 16.0 Å². The molecule has 0 saturated heterocycles. The monoisotopic (exact) mass is 330 g/mol. The van der Waals surface area contributed by atoms with E-state index in [-0.39, 0.29) is 11.7 Å². The minimum absolute atomic E-state index is 0.0215. The van der Waals surface area contributed by atoms with Gasteiger partial charge in [-0.1, -0.05) is 42.5 Å². The molecule has 1 aliphatic rings. The summed E-state index contributed by atoms with van der Waals surface area (Å²) >= 11 is 1.38. The van der Waals surface area contributed by atoms with Crippen LogP contribution in [0.4, 0.5) is 0 Å². The third kappa shape index (κ3) is 1.64. The Hall–Kier alpha value is -3.05. The highest BCUT2D eigenvalue weighted by molar-refractivity contribution is 7.12. The molecule has 5 heteroatoms. The van der Waals surface area contributed by atoms with E-state index in [2.05, 4.69) is 5.10 Å². The fourth-order valence-electron chi connectivity index (χ4n) is 3.24. The number of benzene rings is 2. The van der Waals surface area contributed by atoms with Gasteiger partial charge >= 0.3 is 0 Å². The van der Waals surface area contributed by atoms with Gasteiger partial charge < -0.3 is 0 Å². The van der Waals surface area contributed by atoms with Crippen LogP contribution in [0, 0.1) is 0 Å². The van der Waals surface area contributed by atoms with Crippen LogP contribution in [0.1, 0.15) is 25.6 Å². The highest BCUT2D eigenvalue weighted by Crippen LogP contribution is 2.38. The molecule has 0 N–H and O–H groups in total. The Balaban J connectivity index is 1.87. The predicted molar refractivity (Wildman–Crippen MR) is 92.6 cm³/mol. The molecule has 0 amide bonds. The van der Waals surface area contributed by atoms with Crippen LogP contribution >= 0.6 is 11.3 Å². The molecule has 4 aromatic rings. The molecule has 0 radical (unpaired) electrons. The molecule has 0 unspecified atom stereocenters. The number of hydrogen-bond donors (Lipinski definition) is 0. The first-order chi connectivity index (χ1) is 11.8. The molecular weight excluding hydrogens is 320 g/mol. The van der Waals surface area contributed by atoms with E-state index >= 15 is 0 Å². The van der Waals surface area contributed by atoms with Crippen molar-refractivity contribution in [2.45, 2.75) is 0 Å². The minimum Gasteiger partial charge on any atom is -0.289 e. The van der Waals surface area contributed by atoms with Crippen LogP contribution < -0.4 is 0 Å². The van der Waals surface area contributed by atoms with Crippen molar-refractivity contribution >= 4 is 33.9 Å². The molecule has 1 aliphatic carbocycles. The third-order valence-electron chi connectivity index (χ3n) is 4.30. The topological polar surface area (TPSA) is 52.0 Å². The molecule has 4 nitrogen and oxygen atoms in total. The largest absolute Gasteiger partial charge is 0.289 e. The number of aromatic nitrogens is 2. The summed E-state index contributed by atoms with van der Waals surface area (Å²) in [6.45, 7) is 0. The molecule has 0 fully saturated rings. The van der Waals surface area contributed by atoms with Crippen molar-refractivity contribution in [3.05, 3.63) is 76.0 Å². The molecule has 0 bridgehead atoms. The lowest BCUT2D eigenvalue weighted by Gasteiger charge is -2.13. The van der Waals surface area contributed by atoms with Crippen LogP contribution in [0.15, 0.2) is 60.0 Å². The zero-order valence-electron chi connectivity index (χ0n) is 12.4. The zero-order chi connectivity index (χ0) is 16.3. The van der Waals surface area contributed by atoms with Crippen LogP contribution in [0.25, 0.3) is 22.2 Å². The maximum Gasteiger partial charge on any atom is 0.288 e. The Bertz CT molecular complexity index is 1140. The minimum atomic E-state index is -0.176. The molecule has 0 atom stereocenters. The van der Waals surface area contributed by atoms with Crippen LogP contribution in [0.2, 0.25) is 0 Å². The Labute approximate surface area is 141 Å². The van der Waals surface area contributed by atoms with Crippen LogP contribution in [-0.2, 0) is 0 Å². The van der Waals surface area contributed by atoms with Gasteiger partial charge in [0.15, 0.2) is 5.78 Å². The number of thiophene rings is 1. The van der Waals surface area contributed by atoms with Gasteiger partial charge in [0.1, 0.15) is 5.69 Å². The predicted octanol–water partition coefficient (Wildman–Crippen LogP) is 4.00. The number of fused-ring (bicyclic) bond motifs is 2. The number of nitrogens with zero attached hydrogens (tertiary/aromatic N) is 2. The number of rotatable bonds is 1. The Morgan fingerprint density at radius 2 is 1.71 bits per heavy atom. The van der Waals surface area contributed by atoms with Crippen LogP contribution in [0.3, 0.4) is 0 Å².